The van der Waals surface area contributed by atoms with Crippen LogP contribution < -0.4 is 0 Å². The Morgan fingerprint density at radius 3 is 1.57 bits per heavy atom. The molecule has 0 amide bonds. The van der Waals surface area contributed by atoms with Gasteiger partial charge in [-0.15, -0.1) is 0 Å². The third-order valence-corrected chi connectivity index (χ3v) is 3.43. The fourth-order valence-electron chi connectivity index (χ4n) is 1.86. The van der Waals surface area contributed by atoms with E-state index in [4.69, 9.17) is 5.11 Å². The van der Waals surface area contributed by atoms with E-state index in [-0.39, 0.29) is 0 Å². The first-order valence-electron chi connectivity index (χ1n) is 5.96. The average molecular weight is 199 g/mol. The lowest BCUT2D eigenvalue weighted by Crippen LogP contribution is -2.41. The van der Waals surface area contributed by atoms with Crippen LogP contribution in [0.5, 0.6) is 0 Å². The third-order valence-electron chi connectivity index (χ3n) is 3.43. The van der Waals surface area contributed by atoms with Gasteiger partial charge in [0.05, 0.1) is 5.60 Å². The molecule has 3 aliphatic rings. The highest BCUT2D eigenvalue weighted by Crippen LogP contribution is 2.26. The van der Waals surface area contributed by atoms with Crippen LogP contribution in [0, 0.1) is 5.92 Å². The lowest BCUT2D eigenvalue weighted by Gasteiger charge is -2.38. The number of fused-ring (bicyclic) bond motifs is 3. The van der Waals surface area contributed by atoms with Crippen LogP contribution in [0.2, 0.25) is 0 Å². The molecule has 0 spiro atoms. The summed E-state index contributed by atoms with van der Waals surface area (Å²) in [6.07, 6.45) is 5.28. The van der Waals surface area contributed by atoms with Gasteiger partial charge in [-0.1, -0.05) is 6.92 Å². The van der Waals surface area contributed by atoms with Gasteiger partial charge in [0.2, 0.25) is 0 Å². The lowest BCUT2D eigenvalue weighted by atomic mass is 9.89. The zero-order valence-corrected chi connectivity index (χ0v) is 9.92. The molecule has 0 aromatic heterocycles. The molecule has 3 rings (SSSR count). The standard InChI is InChI=1S/C7H13N.C5H12O/c1-4-8-5-2-7(1)3-6-8;1-4-5(2,3)6/h7H,1-6H2;6H,4H2,1-3H3. The van der Waals surface area contributed by atoms with E-state index in [9.17, 15) is 0 Å². The molecule has 0 aromatic rings. The smallest absolute Gasteiger partial charge is 0.0589 e. The second-order valence-electron chi connectivity index (χ2n) is 5.24. The Morgan fingerprint density at radius 2 is 1.50 bits per heavy atom. The third kappa shape index (κ3) is 4.43. The van der Waals surface area contributed by atoms with Crippen LogP contribution in [-0.4, -0.2) is 35.2 Å². The van der Waals surface area contributed by atoms with Crippen molar-refractivity contribution in [3.8, 4) is 0 Å². The van der Waals surface area contributed by atoms with E-state index in [0.29, 0.717) is 0 Å². The molecule has 2 bridgehead atoms. The van der Waals surface area contributed by atoms with E-state index < -0.39 is 5.60 Å². The van der Waals surface area contributed by atoms with Crippen molar-refractivity contribution in [2.75, 3.05) is 19.6 Å². The molecule has 1 N–H and O–H groups in total. The first kappa shape index (κ1) is 12.0. The summed E-state index contributed by atoms with van der Waals surface area (Å²) in [5.74, 6) is 1.11. The van der Waals surface area contributed by atoms with Crippen molar-refractivity contribution >= 4 is 0 Å². The van der Waals surface area contributed by atoms with E-state index in [1.54, 1.807) is 13.8 Å². The quantitative estimate of drug-likeness (QED) is 0.700. The van der Waals surface area contributed by atoms with Gasteiger partial charge in [0.25, 0.3) is 0 Å². The molecule has 3 heterocycles. The first-order valence-corrected chi connectivity index (χ1v) is 5.96. The number of aliphatic hydroxyl groups is 1. The Hall–Kier alpha value is -0.0800. The van der Waals surface area contributed by atoms with Crippen molar-refractivity contribution in [2.24, 2.45) is 5.92 Å². The van der Waals surface area contributed by atoms with Crippen molar-refractivity contribution < 1.29 is 5.11 Å². The number of hydrogen-bond donors (Lipinski definition) is 1. The van der Waals surface area contributed by atoms with Gasteiger partial charge in [0.15, 0.2) is 0 Å². The summed E-state index contributed by atoms with van der Waals surface area (Å²) >= 11 is 0. The maximum atomic E-state index is 8.83. The second-order valence-corrected chi connectivity index (χ2v) is 5.24. The molecule has 0 saturated carbocycles. The predicted molar refractivity (Wildman–Crippen MR) is 60.4 cm³/mol. The van der Waals surface area contributed by atoms with Gasteiger partial charge in [-0.05, 0) is 65.1 Å². The molecule has 0 radical (unpaired) electrons. The highest BCUT2D eigenvalue weighted by atomic mass is 16.3. The maximum Gasteiger partial charge on any atom is 0.0589 e. The molecule has 14 heavy (non-hydrogen) atoms. The monoisotopic (exact) mass is 199 g/mol. The van der Waals surface area contributed by atoms with Gasteiger partial charge in [-0.3, -0.25) is 0 Å². The molecule has 3 aliphatic heterocycles. The van der Waals surface area contributed by atoms with Gasteiger partial charge in [-0.25, -0.2) is 0 Å². The normalized spacial score (nSPS) is 30.9. The number of hydrogen-bond acceptors (Lipinski definition) is 2. The number of nitrogens with zero attached hydrogens (tertiary/aromatic N) is 1. The van der Waals surface area contributed by atoms with E-state index >= 15 is 0 Å². The molecular formula is C12H25NO. The number of rotatable bonds is 1. The summed E-state index contributed by atoms with van der Waals surface area (Å²) in [6, 6.07) is 0. The van der Waals surface area contributed by atoms with Gasteiger partial charge in [0, 0.05) is 0 Å². The summed E-state index contributed by atoms with van der Waals surface area (Å²) in [7, 11) is 0. The van der Waals surface area contributed by atoms with Gasteiger partial charge >= 0.3 is 0 Å². The highest BCUT2D eigenvalue weighted by Gasteiger charge is 2.24. The van der Waals surface area contributed by atoms with Gasteiger partial charge < -0.3 is 10.0 Å². The summed E-state index contributed by atoms with van der Waals surface area (Å²) in [5, 5.41) is 8.83. The molecule has 84 valence electrons. The molecule has 2 heteroatoms. The van der Waals surface area contributed by atoms with Crippen molar-refractivity contribution in [1.29, 1.82) is 0 Å². The van der Waals surface area contributed by atoms with E-state index in [1.165, 1.54) is 38.9 Å². The van der Waals surface area contributed by atoms with Crippen LogP contribution in [0.25, 0.3) is 0 Å². The van der Waals surface area contributed by atoms with Gasteiger partial charge in [0.1, 0.15) is 0 Å². The lowest BCUT2D eigenvalue weighted by molar-refractivity contribution is 0.0765. The molecule has 3 fully saturated rings. The van der Waals surface area contributed by atoms with Crippen LogP contribution in [0.4, 0.5) is 0 Å². The molecule has 0 aliphatic carbocycles. The summed E-state index contributed by atoms with van der Waals surface area (Å²) in [4.78, 5) is 2.58. The first-order chi connectivity index (χ1) is 6.51. The summed E-state index contributed by atoms with van der Waals surface area (Å²) in [5.41, 5.74) is -0.458. The minimum atomic E-state index is -0.458. The Balaban J connectivity index is 0.000000149. The van der Waals surface area contributed by atoms with E-state index in [2.05, 4.69) is 4.90 Å². The van der Waals surface area contributed by atoms with Crippen LogP contribution in [-0.2, 0) is 0 Å². The second kappa shape index (κ2) is 5.13. The highest BCUT2D eigenvalue weighted by molar-refractivity contribution is 4.78. The summed E-state index contributed by atoms with van der Waals surface area (Å²) < 4.78 is 0. The SMILES string of the molecule is C1CN2CCC1CC2.CCC(C)(C)O. The van der Waals surface area contributed by atoms with Crippen LogP contribution >= 0.6 is 0 Å². The molecule has 0 aromatic carbocycles. The van der Waals surface area contributed by atoms with Crippen LogP contribution in [0.15, 0.2) is 0 Å². The molecular weight excluding hydrogens is 174 g/mol. The topological polar surface area (TPSA) is 23.5 Å². The summed E-state index contributed by atoms with van der Waals surface area (Å²) in [6.45, 7) is 9.74. The Morgan fingerprint density at radius 1 is 1.14 bits per heavy atom. The predicted octanol–water partition coefficient (Wildman–Crippen LogP) is 2.27. The van der Waals surface area contributed by atoms with Crippen molar-refractivity contribution in [1.82, 2.24) is 4.90 Å². The molecule has 3 saturated heterocycles. The minimum Gasteiger partial charge on any atom is -0.390 e. The Bertz CT molecular complexity index is 131. The van der Waals surface area contributed by atoms with Crippen molar-refractivity contribution in [3.63, 3.8) is 0 Å². The molecule has 0 atom stereocenters. The van der Waals surface area contributed by atoms with Crippen molar-refractivity contribution in [2.45, 2.75) is 52.1 Å². The van der Waals surface area contributed by atoms with E-state index in [0.717, 1.165) is 12.3 Å². The van der Waals surface area contributed by atoms with E-state index in [1.807, 2.05) is 6.92 Å². The Kier molecular flexibility index (Phi) is 4.39. The van der Waals surface area contributed by atoms with Crippen molar-refractivity contribution in [3.05, 3.63) is 0 Å². The fraction of sp³-hybridized carbons (Fsp3) is 1.00. The fourth-order valence-corrected chi connectivity index (χ4v) is 1.86. The molecule has 2 nitrogen and oxygen atoms in total. The minimum absolute atomic E-state index is 0.458. The van der Waals surface area contributed by atoms with Gasteiger partial charge in [-0.2, -0.15) is 0 Å². The molecule has 0 unspecified atom stereocenters. The Labute approximate surface area is 88.3 Å². The zero-order chi connectivity index (χ0) is 10.6. The zero-order valence-electron chi connectivity index (χ0n) is 9.92. The van der Waals surface area contributed by atoms with Crippen LogP contribution in [0.3, 0.4) is 0 Å². The maximum absolute atomic E-state index is 8.83. The number of piperidine rings is 3. The average Bonchev–Trinajstić information content (AvgIpc) is 2.21. The largest absolute Gasteiger partial charge is 0.390 e. The van der Waals surface area contributed by atoms with Crippen LogP contribution in [0.1, 0.15) is 46.5 Å².